The van der Waals surface area contributed by atoms with Crippen molar-refractivity contribution in [3.8, 4) is 0 Å². The normalized spacial score (nSPS) is 11.3. The number of sulfonamides is 1. The highest BCUT2D eigenvalue weighted by Gasteiger charge is 2.15. The van der Waals surface area contributed by atoms with Crippen LogP contribution in [0.2, 0.25) is 0 Å². The van der Waals surface area contributed by atoms with Gasteiger partial charge >= 0.3 is 0 Å². The van der Waals surface area contributed by atoms with Crippen molar-refractivity contribution in [2.24, 2.45) is 0 Å². The van der Waals surface area contributed by atoms with E-state index in [2.05, 4.69) is 20.7 Å². The van der Waals surface area contributed by atoms with Crippen LogP contribution < -0.4 is 4.72 Å². The van der Waals surface area contributed by atoms with Crippen LogP contribution in [0.3, 0.4) is 0 Å². The van der Waals surface area contributed by atoms with Gasteiger partial charge in [0, 0.05) is 11.9 Å². The number of benzene rings is 1. The summed E-state index contributed by atoms with van der Waals surface area (Å²) < 4.78 is 26.0. The molecular weight excluding hydrogens is 360 g/mol. The van der Waals surface area contributed by atoms with Crippen molar-refractivity contribution >= 4 is 48.9 Å². The lowest BCUT2D eigenvalue weighted by Gasteiger charge is -2.07. The molecule has 6 nitrogen and oxygen atoms in total. The summed E-state index contributed by atoms with van der Waals surface area (Å²) in [5.74, 6) is 0.336. The molecule has 0 fully saturated rings. The smallest absolute Gasteiger partial charge is 0.283 e. The molecule has 0 aliphatic rings. The topological polar surface area (TPSA) is 89.3 Å². The summed E-state index contributed by atoms with van der Waals surface area (Å²) in [6.07, 6.45) is 1.04. The maximum Gasteiger partial charge on any atom is 0.285 e. The molecule has 0 aromatic heterocycles. The first-order valence-electron chi connectivity index (χ1n) is 5.36. The van der Waals surface area contributed by atoms with Gasteiger partial charge in [0.15, 0.2) is 0 Å². The SMILES string of the molecule is O=[N+]([O-])c1cc(NS(=O)(=O)CCCCCl)ccc1Br. The van der Waals surface area contributed by atoms with E-state index < -0.39 is 14.9 Å². The molecule has 0 radical (unpaired) electrons. The monoisotopic (exact) mass is 370 g/mol. The Bertz CT molecular complexity index is 565. The molecule has 1 aromatic carbocycles. The first kappa shape index (κ1) is 16.2. The minimum Gasteiger partial charge on any atom is -0.283 e. The van der Waals surface area contributed by atoms with Crippen molar-refractivity contribution in [1.29, 1.82) is 0 Å². The molecule has 0 saturated carbocycles. The van der Waals surface area contributed by atoms with Crippen molar-refractivity contribution in [3.63, 3.8) is 0 Å². The van der Waals surface area contributed by atoms with E-state index in [0.717, 1.165) is 0 Å². The summed E-state index contributed by atoms with van der Waals surface area (Å²) >= 11 is 8.50. The Morgan fingerprint density at radius 3 is 2.63 bits per heavy atom. The zero-order chi connectivity index (χ0) is 14.5. The number of nitro benzene ring substituents is 1. The lowest BCUT2D eigenvalue weighted by molar-refractivity contribution is -0.385. The van der Waals surface area contributed by atoms with E-state index in [0.29, 0.717) is 23.2 Å². The fourth-order valence-electron chi connectivity index (χ4n) is 1.33. The highest BCUT2D eigenvalue weighted by Crippen LogP contribution is 2.28. The minimum absolute atomic E-state index is 0.0659. The third kappa shape index (κ3) is 5.33. The van der Waals surface area contributed by atoms with Crippen LogP contribution in [0.15, 0.2) is 22.7 Å². The second kappa shape index (κ2) is 7.06. The number of alkyl halides is 1. The van der Waals surface area contributed by atoms with Crippen molar-refractivity contribution < 1.29 is 13.3 Å². The Morgan fingerprint density at radius 2 is 2.05 bits per heavy atom. The predicted molar refractivity (Wildman–Crippen MR) is 78.2 cm³/mol. The molecule has 0 unspecified atom stereocenters. The van der Waals surface area contributed by atoms with Gasteiger partial charge < -0.3 is 0 Å². The van der Waals surface area contributed by atoms with Crippen LogP contribution in [0.25, 0.3) is 0 Å². The average Bonchev–Trinajstić information content (AvgIpc) is 2.31. The fourth-order valence-corrected chi connectivity index (χ4v) is 3.09. The molecule has 0 spiro atoms. The third-order valence-electron chi connectivity index (χ3n) is 2.21. The van der Waals surface area contributed by atoms with E-state index in [-0.39, 0.29) is 17.1 Å². The quantitative estimate of drug-likeness (QED) is 0.345. The van der Waals surface area contributed by atoms with Gasteiger partial charge in [0.25, 0.3) is 5.69 Å². The first-order chi connectivity index (χ1) is 8.85. The molecule has 19 heavy (non-hydrogen) atoms. The summed E-state index contributed by atoms with van der Waals surface area (Å²) in [7, 11) is -3.51. The molecule has 0 aliphatic heterocycles. The van der Waals surface area contributed by atoms with E-state index >= 15 is 0 Å². The summed E-state index contributed by atoms with van der Waals surface area (Å²) in [5.41, 5.74) is -0.0262. The highest BCUT2D eigenvalue weighted by molar-refractivity contribution is 9.10. The van der Waals surface area contributed by atoms with E-state index in [1.54, 1.807) is 0 Å². The zero-order valence-electron chi connectivity index (χ0n) is 9.80. The molecule has 0 aliphatic carbocycles. The number of nitro groups is 1. The van der Waals surface area contributed by atoms with Crippen LogP contribution in [-0.2, 0) is 10.0 Å². The molecule has 0 bridgehead atoms. The standard InChI is InChI=1S/C10H12BrClN2O4S/c11-9-4-3-8(7-10(9)14(15)16)13-19(17,18)6-2-1-5-12/h3-4,7,13H,1-2,5-6H2. The maximum atomic E-state index is 11.7. The number of nitrogens with zero attached hydrogens (tertiary/aromatic N) is 1. The van der Waals surface area contributed by atoms with Gasteiger partial charge in [-0.2, -0.15) is 0 Å². The molecular formula is C10H12BrClN2O4S. The summed E-state index contributed by atoms with van der Waals surface area (Å²) in [5, 5.41) is 10.7. The number of hydrogen-bond acceptors (Lipinski definition) is 4. The predicted octanol–water partition coefficient (Wildman–Crippen LogP) is 3.12. The molecule has 0 atom stereocenters. The van der Waals surface area contributed by atoms with Gasteiger partial charge in [0.1, 0.15) is 0 Å². The van der Waals surface area contributed by atoms with Gasteiger partial charge in [-0.15, -0.1) is 11.6 Å². The largest absolute Gasteiger partial charge is 0.285 e. The number of anilines is 1. The van der Waals surface area contributed by atoms with Crippen LogP contribution in [0, 0.1) is 10.1 Å². The Balaban J connectivity index is 2.82. The minimum atomic E-state index is -3.51. The lowest BCUT2D eigenvalue weighted by Crippen LogP contribution is -2.16. The van der Waals surface area contributed by atoms with Crippen LogP contribution in [-0.4, -0.2) is 25.0 Å². The lowest BCUT2D eigenvalue weighted by atomic mass is 10.3. The Labute approximate surface area is 124 Å². The van der Waals surface area contributed by atoms with E-state index in [1.165, 1.54) is 18.2 Å². The number of unbranched alkanes of at least 4 members (excludes halogenated alkanes) is 1. The molecule has 1 N–H and O–H groups in total. The Morgan fingerprint density at radius 1 is 1.37 bits per heavy atom. The van der Waals surface area contributed by atoms with Crippen molar-refractivity contribution in [2.45, 2.75) is 12.8 Å². The van der Waals surface area contributed by atoms with Crippen LogP contribution in [0.1, 0.15) is 12.8 Å². The Hall–Kier alpha value is -0.860. The summed E-state index contributed by atoms with van der Waals surface area (Å²) in [6.45, 7) is 0. The molecule has 106 valence electrons. The van der Waals surface area contributed by atoms with Gasteiger partial charge in [-0.25, -0.2) is 8.42 Å². The number of halogens is 2. The second-order valence-electron chi connectivity index (χ2n) is 3.74. The zero-order valence-corrected chi connectivity index (χ0v) is 13.0. The van der Waals surface area contributed by atoms with Gasteiger partial charge in [0.2, 0.25) is 10.0 Å². The molecule has 0 amide bonds. The average molecular weight is 372 g/mol. The third-order valence-corrected chi connectivity index (χ3v) is 4.52. The molecule has 0 saturated heterocycles. The van der Waals surface area contributed by atoms with Gasteiger partial charge in [-0.1, -0.05) is 0 Å². The van der Waals surface area contributed by atoms with Gasteiger partial charge in [-0.3, -0.25) is 14.8 Å². The number of nitrogens with one attached hydrogen (secondary N) is 1. The highest BCUT2D eigenvalue weighted by atomic mass is 79.9. The Kier molecular flexibility index (Phi) is 6.02. The molecule has 1 rings (SSSR count). The van der Waals surface area contributed by atoms with Crippen molar-refractivity contribution in [2.75, 3.05) is 16.4 Å². The van der Waals surface area contributed by atoms with E-state index in [4.69, 9.17) is 11.6 Å². The van der Waals surface area contributed by atoms with E-state index in [1.807, 2.05) is 0 Å². The van der Waals surface area contributed by atoms with Gasteiger partial charge in [0.05, 0.1) is 20.8 Å². The van der Waals surface area contributed by atoms with Gasteiger partial charge in [-0.05, 0) is 40.9 Å². The van der Waals surface area contributed by atoms with Crippen LogP contribution in [0.5, 0.6) is 0 Å². The summed E-state index contributed by atoms with van der Waals surface area (Å²) in [6, 6.07) is 4.05. The van der Waals surface area contributed by atoms with Crippen molar-refractivity contribution in [3.05, 3.63) is 32.8 Å². The van der Waals surface area contributed by atoms with Crippen LogP contribution in [0.4, 0.5) is 11.4 Å². The summed E-state index contributed by atoms with van der Waals surface area (Å²) in [4.78, 5) is 10.1. The molecule has 0 heterocycles. The molecule has 9 heteroatoms. The van der Waals surface area contributed by atoms with E-state index in [9.17, 15) is 18.5 Å². The van der Waals surface area contributed by atoms with Crippen molar-refractivity contribution in [1.82, 2.24) is 0 Å². The molecule has 1 aromatic rings. The second-order valence-corrected chi connectivity index (χ2v) is 6.81. The number of hydrogen-bond donors (Lipinski definition) is 1. The van der Waals surface area contributed by atoms with Crippen LogP contribution >= 0.6 is 27.5 Å². The maximum absolute atomic E-state index is 11.7. The fraction of sp³-hybridized carbons (Fsp3) is 0.400. The number of rotatable bonds is 7. The first-order valence-corrected chi connectivity index (χ1v) is 8.34.